The Morgan fingerprint density at radius 1 is 1.14 bits per heavy atom. The highest BCUT2D eigenvalue weighted by molar-refractivity contribution is 5.42. The molecule has 116 valence electrons. The van der Waals surface area contributed by atoms with Crippen LogP contribution in [0.1, 0.15) is 17.5 Å². The number of aliphatic hydroxyl groups excluding tert-OH is 1. The molecule has 1 saturated heterocycles. The predicted octanol–water partition coefficient (Wildman–Crippen LogP) is 2.92. The van der Waals surface area contributed by atoms with Crippen LogP contribution in [-0.2, 0) is 13.0 Å². The van der Waals surface area contributed by atoms with Gasteiger partial charge in [-0.1, -0.05) is 0 Å². The first-order valence-electron chi connectivity index (χ1n) is 7.40. The number of nitrogens with zero attached hydrogens (tertiary/aromatic N) is 2. The van der Waals surface area contributed by atoms with Crippen molar-refractivity contribution >= 4 is 5.82 Å². The van der Waals surface area contributed by atoms with E-state index in [9.17, 15) is 13.9 Å². The first-order valence-corrected chi connectivity index (χ1v) is 7.40. The molecular weight excluding hydrogens is 286 g/mol. The quantitative estimate of drug-likeness (QED) is 0.943. The molecule has 0 amide bonds. The van der Waals surface area contributed by atoms with E-state index in [1.165, 1.54) is 12.1 Å². The summed E-state index contributed by atoms with van der Waals surface area (Å²) in [6, 6.07) is 7.36. The molecule has 5 heteroatoms. The van der Waals surface area contributed by atoms with Crippen molar-refractivity contribution in [2.45, 2.75) is 19.4 Å². The number of rotatable bonds is 4. The van der Waals surface area contributed by atoms with Gasteiger partial charge in [0, 0.05) is 25.4 Å². The minimum absolute atomic E-state index is 0.00461. The number of anilines is 1. The number of halogens is 2. The molecule has 0 bridgehead atoms. The zero-order valence-corrected chi connectivity index (χ0v) is 12.2. The van der Waals surface area contributed by atoms with Gasteiger partial charge in [-0.25, -0.2) is 13.8 Å². The Balaban J connectivity index is 1.66. The maximum absolute atomic E-state index is 13.2. The molecule has 2 aromatic rings. The number of benzene rings is 1. The fourth-order valence-electron chi connectivity index (χ4n) is 3.00. The van der Waals surface area contributed by atoms with Crippen molar-refractivity contribution in [1.82, 2.24) is 4.98 Å². The molecule has 1 atom stereocenters. The zero-order valence-electron chi connectivity index (χ0n) is 12.2. The van der Waals surface area contributed by atoms with Crippen molar-refractivity contribution in [2.75, 3.05) is 18.0 Å². The van der Waals surface area contributed by atoms with Crippen molar-refractivity contribution in [3.63, 3.8) is 0 Å². The van der Waals surface area contributed by atoms with Crippen LogP contribution < -0.4 is 4.90 Å². The summed E-state index contributed by atoms with van der Waals surface area (Å²) in [6.45, 7) is 1.67. The summed E-state index contributed by atoms with van der Waals surface area (Å²) < 4.78 is 26.5. The van der Waals surface area contributed by atoms with Gasteiger partial charge in [-0.05, 0) is 54.2 Å². The lowest BCUT2D eigenvalue weighted by Gasteiger charge is -2.18. The third-order valence-electron chi connectivity index (χ3n) is 4.05. The average Bonchev–Trinajstić information content (AvgIpc) is 2.95. The second kappa shape index (κ2) is 6.40. The van der Waals surface area contributed by atoms with Gasteiger partial charge >= 0.3 is 0 Å². The third-order valence-corrected chi connectivity index (χ3v) is 4.05. The van der Waals surface area contributed by atoms with Crippen LogP contribution in [-0.4, -0.2) is 23.2 Å². The van der Waals surface area contributed by atoms with E-state index < -0.39 is 11.6 Å². The van der Waals surface area contributed by atoms with E-state index in [1.54, 1.807) is 12.3 Å². The topological polar surface area (TPSA) is 36.4 Å². The van der Waals surface area contributed by atoms with Crippen LogP contribution >= 0.6 is 0 Å². The molecule has 1 fully saturated rings. The largest absolute Gasteiger partial charge is 0.392 e. The molecule has 3 rings (SSSR count). The van der Waals surface area contributed by atoms with E-state index in [2.05, 4.69) is 9.88 Å². The Hall–Kier alpha value is -2.01. The lowest BCUT2D eigenvalue weighted by molar-refractivity contribution is 0.281. The van der Waals surface area contributed by atoms with Crippen molar-refractivity contribution in [2.24, 2.45) is 5.92 Å². The molecule has 1 aromatic heterocycles. The van der Waals surface area contributed by atoms with Crippen molar-refractivity contribution in [3.8, 4) is 0 Å². The van der Waals surface area contributed by atoms with Crippen LogP contribution in [0.3, 0.4) is 0 Å². The number of aliphatic hydroxyl groups is 1. The maximum atomic E-state index is 13.2. The number of hydrogen-bond donors (Lipinski definition) is 1. The lowest BCUT2D eigenvalue weighted by Crippen LogP contribution is -2.21. The Morgan fingerprint density at radius 3 is 2.64 bits per heavy atom. The molecule has 1 aliphatic heterocycles. The van der Waals surface area contributed by atoms with Gasteiger partial charge in [0.25, 0.3) is 0 Å². The normalized spacial score (nSPS) is 18.0. The monoisotopic (exact) mass is 304 g/mol. The SMILES string of the molecule is OCc1ccnc(N2CCC(Cc3cc(F)cc(F)c3)C2)c1. The summed E-state index contributed by atoms with van der Waals surface area (Å²) >= 11 is 0. The second-order valence-corrected chi connectivity index (χ2v) is 5.76. The zero-order chi connectivity index (χ0) is 15.5. The van der Waals surface area contributed by atoms with Gasteiger partial charge in [0.1, 0.15) is 17.5 Å². The molecule has 22 heavy (non-hydrogen) atoms. The predicted molar refractivity (Wildman–Crippen MR) is 80.5 cm³/mol. The maximum Gasteiger partial charge on any atom is 0.128 e. The Labute approximate surface area is 128 Å². The van der Waals surface area contributed by atoms with Crippen molar-refractivity contribution < 1.29 is 13.9 Å². The molecule has 1 aromatic carbocycles. The smallest absolute Gasteiger partial charge is 0.128 e. The molecule has 3 nitrogen and oxygen atoms in total. The highest BCUT2D eigenvalue weighted by Crippen LogP contribution is 2.26. The highest BCUT2D eigenvalue weighted by atomic mass is 19.1. The summed E-state index contributed by atoms with van der Waals surface area (Å²) in [4.78, 5) is 6.49. The first-order chi connectivity index (χ1) is 10.6. The summed E-state index contributed by atoms with van der Waals surface area (Å²) in [6.07, 6.45) is 3.31. The minimum Gasteiger partial charge on any atom is -0.392 e. The molecule has 0 spiro atoms. The van der Waals surface area contributed by atoms with Crippen LogP contribution in [0.5, 0.6) is 0 Å². The third kappa shape index (κ3) is 3.42. The minimum atomic E-state index is -0.526. The Morgan fingerprint density at radius 2 is 1.91 bits per heavy atom. The molecule has 0 radical (unpaired) electrons. The van der Waals surface area contributed by atoms with E-state index in [0.29, 0.717) is 17.9 Å². The number of aromatic nitrogens is 1. The molecular formula is C17H18F2N2O. The number of pyridine rings is 1. The van der Waals surface area contributed by atoms with E-state index in [-0.39, 0.29) is 6.61 Å². The van der Waals surface area contributed by atoms with E-state index >= 15 is 0 Å². The van der Waals surface area contributed by atoms with E-state index in [4.69, 9.17) is 0 Å². The molecule has 0 aliphatic carbocycles. The fraction of sp³-hybridized carbons (Fsp3) is 0.353. The van der Waals surface area contributed by atoms with Gasteiger partial charge in [-0.2, -0.15) is 0 Å². The van der Waals surface area contributed by atoms with Crippen LogP contribution in [0.2, 0.25) is 0 Å². The standard InChI is InChI=1S/C17H18F2N2O/c18-15-6-14(7-16(19)9-15)5-12-2-4-21(10-12)17-8-13(11-22)1-3-20-17/h1,3,6-9,12,22H,2,4-5,10-11H2. The summed E-state index contributed by atoms with van der Waals surface area (Å²) in [5.41, 5.74) is 1.53. The van der Waals surface area contributed by atoms with Gasteiger partial charge in [0.2, 0.25) is 0 Å². The molecule has 2 heterocycles. The summed E-state index contributed by atoms with van der Waals surface area (Å²) in [5.74, 6) is 0.143. The Bertz CT molecular complexity index is 643. The van der Waals surface area contributed by atoms with E-state index in [1.807, 2.05) is 6.07 Å². The van der Waals surface area contributed by atoms with E-state index in [0.717, 1.165) is 37.0 Å². The van der Waals surface area contributed by atoms with Gasteiger partial charge in [-0.15, -0.1) is 0 Å². The van der Waals surface area contributed by atoms with Gasteiger partial charge < -0.3 is 10.0 Å². The lowest BCUT2D eigenvalue weighted by atomic mass is 9.98. The average molecular weight is 304 g/mol. The van der Waals surface area contributed by atoms with Gasteiger partial charge in [0.15, 0.2) is 0 Å². The second-order valence-electron chi connectivity index (χ2n) is 5.76. The molecule has 1 N–H and O–H groups in total. The first kappa shape index (κ1) is 14.9. The highest BCUT2D eigenvalue weighted by Gasteiger charge is 2.24. The molecule has 1 unspecified atom stereocenters. The van der Waals surface area contributed by atoms with Crippen molar-refractivity contribution in [1.29, 1.82) is 0 Å². The van der Waals surface area contributed by atoms with Crippen molar-refractivity contribution in [3.05, 3.63) is 59.3 Å². The van der Waals surface area contributed by atoms with Gasteiger partial charge in [0.05, 0.1) is 6.61 Å². The molecule has 0 saturated carbocycles. The number of hydrogen-bond acceptors (Lipinski definition) is 3. The summed E-state index contributed by atoms with van der Waals surface area (Å²) in [5, 5.41) is 9.19. The van der Waals surface area contributed by atoms with Crippen LogP contribution in [0, 0.1) is 17.6 Å². The van der Waals surface area contributed by atoms with Crippen LogP contribution in [0.25, 0.3) is 0 Å². The molecule has 1 aliphatic rings. The van der Waals surface area contributed by atoms with Gasteiger partial charge in [-0.3, -0.25) is 0 Å². The summed E-state index contributed by atoms with van der Waals surface area (Å²) in [7, 11) is 0. The van der Waals surface area contributed by atoms with Crippen LogP contribution in [0.15, 0.2) is 36.5 Å². The van der Waals surface area contributed by atoms with Crippen LogP contribution in [0.4, 0.5) is 14.6 Å². The Kier molecular flexibility index (Phi) is 4.34. The fourth-order valence-corrected chi connectivity index (χ4v) is 3.00.